The van der Waals surface area contributed by atoms with Crippen molar-refractivity contribution in [1.82, 2.24) is 5.32 Å². The van der Waals surface area contributed by atoms with Crippen LogP contribution in [0.15, 0.2) is 12.1 Å². The van der Waals surface area contributed by atoms with Gasteiger partial charge in [0.25, 0.3) is 0 Å². The summed E-state index contributed by atoms with van der Waals surface area (Å²) < 4.78 is 5.44. The Morgan fingerprint density at radius 3 is 2.70 bits per heavy atom. The first kappa shape index (κ1) is 15.0. The standard InChI is InChI=1S/C17H25NO2/c1-11(2)14-9-15(12(3)8-16(14)20-4)17(19)13-6-5-7-18-10-13/h8-9,11,13,18H,5-7,10H2,1-4H3. The van der Waals surface area contributed by atoms with E-state index in [1.165, 1.54) is 0 Å². The number of benzene rings is 1. The zero-order valence-electron chi connectivity index (χ0n) is 13.0. The number of aryl methyl sites for hydroxylation is 1. The van der Waals surface area contributed by atoms with Gasteiger partial charge >= 0.3 is 0 Å². The van der Waals surface area contributed by atoms with Crippen LogP contribution in [0.25, 0.3) is 0 Å². The second kappa shape index (κ2) is 6.40. The van der Waals surface area contributed by atoms with Crippen LogP contribution >= 0.6 is 0 Å². The van der Waals surface area contributed by atoms with E-state index in [1.807, 2.05) is 19.1 Å². The molecule has 0 aliphatic carbocycles. The number of hydrogen-bond acceptors (Lipinski definition) is 3. The van der Waals surface area contributed by atoms with E-state index in [1.54, 1.807) is 7.11 Å². The molecule has 1 aliphatic rings. The molecule has 3 nitrogen and oxygen atoms in total. The van der Waals surface area contributed by atoms with E-state index < -0.39 is 0 Å². The van der Waals surface area contributed by atoms with Crippen LogP contribution < -0.4 is 10.1 Å². The Labute approximate surface area is 121 Å². The van der Waals surface area contributed by atoms with Crippen molar-refractivity contribution in [2.45, 2.75) is 39.5 Å². The minimum absolute atomic E-state index is 0.121. The minimum atomic E-state index is 0.121. The maximum Gasteiger partial charge on any atom is 0.167 e. The number of rotatable bonds is 4. The molecule has 0 bridgehead atoms. The fourth-order valence-electron chi connectivity index (χ4n) is 2.89. The van der Waals surface area contributed by atoms with Gasteiger partial charge in [0.2, 0.25) is 0 Å². The maximum atomic E-state index is 12.7. The zero-order valence-corrected chi connectivity index (χ0v) is 13.0. The Kier molecular flexibility index (Phi) is 4.81. The highest BCUT2D eigenvalue weighted by atomic mass is 16.5. The molecule has 3 heteroatoms. The summed E-state index contributed by atoms with van der Waals surface area (Å²) in [4.78, 5) is 12.7. The number of Topliss-reactive ketones (excluding diaryl/α,β-unsaturated/α-hetero) is 1. The van der Waals surface area contributed by atoms with Gasteiger partial charge in [-0.05, 0) is 55.5 Å². The van der Waals surface area contributed by atoms with Gasteiger partial charge in [-0.2, -0.15) is 0 Å². The maximum absolute atomic E-state index is 12.7. The monoisotopic (exact) mass is 275 g/mol. The van der Waals surface area contributed by atoms with Crippen molar-refractivity contribution in [3.8, 4) is 5.75 Å². The fraction of sp³-hybridized carbons (Fsp3) is 0.588. The van der Waals surface area contributed by atoms with Crippen LogP contribution in [0.4, 0.5) is 0 Å². The molecule has 0 aromatic heterocycles. The first-order valence-corrected chi connectivity index (χ1v) is 7.48. The van der Waals surface area contributed by atoms with Gasteiger partial charge in [0.1, 0.15) is 5.75 Å². The Balaban J connectivity index is 2.35. The van der Waals surface area contributed by atoms with E-state index in [9.17, 15) is 4.79 Å². The molecule has 110 valence electrons. The van der Waals surface area contributed by atoms with Crippen molar-refractivity contribution in [2.75, 3.05) is 20.2 Å². The van der Waals surface area contributed by atoms with Gasteiger partial charge in [-0.3, -0.25) is 4.79 Å². The fourth-order valence-corrected chi connectivity index (χ4v) is 2.89. The smallest absolute Gasteiger partial charge is 0.167 e. The van der Waals surface area contributed by atoms with Gasteiger partial charge in [-0.1, -0.05) is 13.8 Å². The Bertz CT molecular complexity index is 488. The highest BCUT2D eigenvalue weighted by molar-refractivity contribution is 5.99. The molecule has 1 heterocycles. The molecule has 20 heavy (non-hydrogen) atoms. The number of ether oxygens (including phenoxy) is 1. The predicted octanol–water partition coefficient (Wildman–Crippen LogP) is 3.31. The zero-order chi connectivity index (χ0) is 14.7. The van der Waals surface area contributed by atoms with Crippen molar-refractivity contribution in [1.29, 1.82) is 0 Å². The van der Waals surface area contributed by atoms with Crippen molar-refractivity contribution < 1.29 is 9.53 Å². The number of methoxy groups -OCH3 is 1. The summed E-state index contributed by atoms with van der Waals surface area (Å²) in [6.45, 7) is 8.09. The highest BCUT2D eigenvalue weighted by Crippen LogP contribution is 2.31. The van der Waals surface area contributed by atoms with Crippen LogP contribution in [-0.4, -0.2) is 26.0 Å². The topological polar surface area (TPSA) is 38.3 Å². The van der Waals surface area contributed by atoms with E-state index in [-0.39, 0.29) is 11.7 Å². The van der Waals surface area contributed by atoms with Gasteiger partial charge in [0.15, 0.2) is 5.78 Å². The summed E-state index contributed by atoms with van der Waals surface area (Å²) in [7, 11) is 1.69. The lowest BCUT2D eigenvalue weighted by Crippen LogP contribution is -2.34. The lowest BCUT2D eigenvalue weighted by atomic mass is 9.87. The molecule has 2 rings (SSSR count). The molecular weight excluding hydrogens is 250 g/mol. The third-order valence-electron chi connectivity index (χ3n) is 4.13. The van der Waals surface area contributed by atoms with E-state index >= 15 is 0 Å². The van der Waals surface area contributed by atoms with Gasteiger partial charge in [0.05, 0.1) is 7.11 Å². The number of carbonyl (C=O) groups is 1. The van der Waals surface area contributed by atoms with Crippen molar-refractivity contribution >= 4 is 5.78 Å². The van der Waals surface area contributed by atoms with Crippen LogP contribution in [0.1, 0.15) is 54.1 Å². The molecular formula is C17H25NO2. The van der Waals surface area contributed by atoms with Crippen LogP contribution in [-0.2, 0) is 0 Å². The Morgan fingerprint density at radius 1 is 1.40 bits per heavy atom. The normalized spacial score (nSPS) is 19.1. The lowest BCUT2D eigenvalue weighted by molar-refractivity contribution is 0.0899. The summed E-state index contributed by atoms with van der Waals surface area (Å²) in [6, 6.07) is 4.04. The van der Waals surface area contributed by atoms with E-state index in [2.05, 4.69) is 19.2 Å². The van der Waals surface area contributed by atoms with Gasteiger partial charge in [-0.15, -0.1) is 0 Å². The second-order valence-electron chi connectivity index (χ2n) is 5.97. The summed E-state index contributed by atoms with van der Waals surface area (Å²) in [5, 5.41) is 3.32. The van der Waals surface area contributed by atoms with E-state index in [4.69, 9.17) is 4.74 Å². The van der Waals surface area contributed by atoms with E-state index in [0.29, 0.717) is 5.92 Å². The number of piperidine rings is 1. The molecule has 1 saturated heterocycles. The molecule has 0 amide bonds. The lowest BCUT2D eigenvalue weighted by Gasteiger charge is -2.23. The quantitative estimate of drug-likeness (QED) is 0.857. The van der Waals surface area contributed by atoms with Gasteiger partial charge in [-0.25, -0.2) is 0 Å². The SMILES string of the molecule is COc1cc(C)c(C(=O)C2CCCNC2)cc1C(C)C. The third kappa shape index (κ3) is 3.04. The molecule has 0 saturated carbocycles. The Morgan fingerprint density at radius 2 is 2.15 bits per heavy atom. The van der Waals surface area contributed by atoms with Gasteiger partial charge in [0, 0.05) is 18.0 Å². The second-order valence-corrected chi connectivity index (χ2v) is 5.97. The van der Waals surface area contributed by atoms with Crippen LogP contribution in [0.2, 0.25) is 0 Å². The number of hydrogen-bond donors (Lipinski definition) is 1. The summed E-state index contributed by atoms with van der Waals surface area (Å²) in [5.74, 6) is 1.63. The number of carbonyl (C=O) groups excluding carboxylic acids is 1. The summed E-state index contributed by atoms with van der Waals surface area (Å²) >= 11 is 0. The molecule has 1 unspecified atom stereocenters. The molecule has 1 N–H and O–H groups in total. The minimum Gasteiger partial charge on any atom is -0.496 e. The van der Waals surface area contributed by atoms with Crippen LogP contribution in [0.3, 0.4) is 0 Å². The first-order chi connectivity index (χ1) is 9.54. The summed E-state index contributed by atoms with van der Waals surface area (Å²) in [5.41, 5.74) is 3.00. The van der Waals surface area contributed by atoms with Gasteiger partial charge < -0.3 is 10.1 Å². The molecule has 0 radical (unpaired) electrons. The predicted molar refractivity (Wildman–Crippen MR) is 81.7 cm³/mol. The average molecular weight is 275 g/mol. The molecule has 1 aliphatic heterocycles. The Hall–Kier alpha value is -1.35. The molecule has 1 aromatic rings. The first-order valence-electron chi connectivity index (χ1n) is 7.48. The van der Waals surface area contributed by atoms with Crippen LogP contribution in [0, 0.1) is 12.8 Å². The van der Waals surface area contributed by atoms with E-state index in [0.717, 1.165) is 48.4 Å². The van der Waals surface area contributed by atoms with Crippen LogP contribution in [0.5, 0.6) is 5.75 Å². The van der Waals surface area contributed by atoms with Crippen molar-refractivity contribution in [3.05, 3.63) is 28.8 Å². The summed E-state index contributed by atoms with van der Waals surface area (Å²) in [6.07, 6.45) is 2.08. The molecule has 1 aromatic carbocycles. The highest BCUT2D eigenvalue weighted by Gasteiger charge is 2.24. The number of nitrogens with one attached hydrogen (secondary N) is 1. The number of ketones is 1. The average Bonchev–Trinajstić information content (AvgIpc) is 2.46. The third-order valence-corrected chi connectivity index (χ3v) is 4.13. The van der Waals surface area contributed by atoms with Crippen molar-refractivity contribution in [2.24, 2.45) is 5.92 Å². The van der Waals surface area contributed by atoms with Crippen molar-refractivity contribution in [3.63, 3.8) is 0 Å². The largest absolute Gasteiger partial charge is 0.496 e. The molecule has 1 fully saturated rings. The molecule has 1 atom stereocenters. The molecule has 0 spiro atoms.